The lowest BCUT2D eigenvalue weighted by Gasteiger charge is -2.08. The van der Waals surface area contributed by atoms with Crippen LogP contribution in [0.1, 0.15) is 0 Å². The van der Waals surface area contributed by atoms with Crippen LogP contribution in [0.4, 0.5) is 15.8 Å². The smallest absolute Gasteiger partial charge is 0.261 e. The minimum atomic E-state index is -3.83. The molecule has 0 radical (unpaired) electrons. The van der Waals surface area contributed by atoms with E-state index in [1.54, 1.807) is 0 Å². The zero-order valence-electron chi connectivity index (χ0n) is 9.17. The van der Waals surface area contributed by atoms with Crippen molar-refractivity contribution in [3.05, 3.63) is 48.5 Å². The molecule has 0 saturated heterocycles. The molecule has 0 aliphatic carbocycles. The number of halogens is 1. The maximum atomic E-state index is 13.3. The highest BCUT2D eigenvalue weighted by Gasteiger charge is 2.15. The van der Waals surface area contributed by atoms with Crippen LogP contribution in [0, 0.1) is 5.82 Å². The average Bonchev–Trinajstić information content (AvgIpc) is 2.32. The van der Waals surface area contributed by atoms with E-state index in [0.717, 1.165) is 6.20 Å². The van der Waals surface area contributed by atoms with Gasteiger partial charge in [0.2, 0.25) is 0 Å². The van der Waals surface area contributed by atoms with Crippen LogP contribution in [0.25, 0.3) is 0 Å². The molecule has 1 aromatic heterocycles. The van der Waals surface area contributed by atoms with Gasteiger partial charge in [0.05, 0.1) is 16.8 Å². The summed E-state index contributed by atoms with van der Waals surface area (Å²) in [5.74, 6) is -0.739. The molecule has 0 aliphatic rings. The zero-order valence-corrected chi connectivity index (χ0v) is 9.99. The first-order chi connectivity index (χ1) is 8.49. The number of sulfonamides is 1. The predicted octanol–water partition coefficient (Wildman–Crippen LogP) is 1.60. The zero-order chi connectivity index (χ0) is 13.2. The van der Waals surface area contributed by atoms with Gasteiger partial charge in [-0.05, 0) is 30.3 Å². The number of benzene rings is 1. The van der Waals surface area contributed by atoms with E-state index in [0.29, 0.717) is 5.69 Å². The molecule has 5 nitrogen and oxygen atoms in total. The van der Waals surface area contributed by atoms with E-state index < -0.39 is 15.8 Å². The van der Waals surface area contributed by atoms with Crippen molar-refractivity contribution in [1.29, 1.82) is 0 Å². The van der Waals surface area contributed by atoms with Gasteiger partial charge >= 0.3 is 0 Å². The Kier molecular flexibility index (Phi) is 3.15. The molecule has 2 aromatic rings. The lowest BCUT2D eigenvalue weighted by atomic mass is 10.3. The molecule has 0 unspecified atom stereocenters. The first kappa shape index (κ1) is 12.3. The topological polar surface area (TPSA) is 85.1 Å². The van der Waals surface area contributed by atoms with Gasteiger partial charge in [-0.3, -0.25) is 9.71 Å². The van der Waals surface area contributed by atoms with Crippen LogP contribution in [-0.2, 0) is 10.0 Å². The Morgan fingerprint density at radius 3 is 2.44 bits per heavy atom. The summed E-state index contributed by atoms with van der Waals surface area (Å²) < 4.78 is 39.3. The molecule has 2 rings (SSSR count). The van der Waals surface area contributed by atoms with Crippen molar-refractivity contribution in [2.75, 3.05) is 10.5 Å². The van der Waals surface area contributed by atoms with Crippen molar-refractivity contribution in [2.24, 2.45) is 0 Å². The van der Waals surface area contributed by atoms with Crippen molar-refractivity contribution < 1.29 is 12.8 Å². The molecule has 0 saturated carbocycles. The van der Waals surface area contributed by atoms with E-state index in [-0.39, 0.29) is 10.6 Å². The summed E-state index contributed by atoms with van der Waals surface area (Å²) >= 11 is 0. The van der Waals surface area contributed by atoms with Crippen LogP contribution in [-0.4, -0.2) is 13.4 Å². The van der Waals surface area contributed by atoms with Gasteiger partial charge in [0.1, 0.15) is 0 Å². The van der Waals surface area contributed by atoms with Crippen molar-refractivity contribution in [2.45, 2.75) is 4.90 Å². The second-order valence-corrected chi connectivity index (χ2v) is 5.21. The number of hydrogen-bond donors (Lipinski definition) is 2. The van der Waals surface area contributed by atoms with E-state index in [4.69, 9.17) is 5.73 Å². The lowest BCUT2D eigenvalue weighted by Crippen LogP contribution is -2.14. The van der Waals surface area contributed by atoms with Gasteiger partial charge in [-0.2, -0.15) is 0 Å². The maximum absolute atomic E-state index is 13.3. The molecule has 0 spiro atoms. The van der Waals surface area contributed by atoms with E-state index in [2.05, 4.69) is 9.71 Å². The normalized spacial score (nSPS) is 11.2. The van der Waals surface area contributed by atoms with Crippen molar-refractivity contribution in [3.8, 4) is 0 Å². The Bertz CT molecular complexity index is 656. The summed E-state index contributed by atoms with van der Waals surface area (Å²) in [5.41, 5.74) is 5.76. The third kappa shape index (κ3) is 2.57. The van der Waals surface area contributed by atoms with Gasteiger partial charge in [-0.15, -0.1) is 0 Å². The van der Waals surface area contributed by atoms with Gasteiger partial charge in [0.15, 0.2) is 5.82 Å². The number of pyridine rings is 1. The fourth-order valence-electron chi connectivity index (χ4n) is 1.31. The molecule has 0 bridgehead atoms. The molecule has 7 heteroatoms. The summed E-state index contributed by atoms with van der Waals surface area (Å²) in [4.78, 5) is 3.54. The first-order valence-electron chi connectivity index (χ1n) is 4.97. The maximum Gasteiger partial charge on any atom is 0.261 e. The standard InChI is InChI=1S/C11H10FN3O2S/c12-10-7-14-6-5-11(10)15-18(16,17)9-3-1-8(13)2-4-9/h1-7H,13H2,(H,14,15). The highest BCUT2D eigenvalue weighted by molar-refractivity contribution is 7.92. The lowest BCUT2D eigenvalue weighted by molar-refractivity contribution is 0.598. The summed E-state index contributed by atoms with van der Waals surface area (Å²) in [6, 6.07) is 6.84. The predicted molar refractivity (Wildman–Crippen MR) is 65.9 cm³/mol. The molecule has 0 amide bonds. The van der Waals surface area contributed by atoms with Gasteiger partial charge < -0.3 is 5.73 Å². The fraction of sp³-hybridized carbons (Fsp3) is 0. The molecular formula is C11H10FN3O2S. The molecule has 1 aromatic carbocycles. The monoisotopic (exact) mass is 267 g/mol. The van der Waals surface area contributed by atoms with E-state index >= 15 is 0 Å². The Morgan fingerprint density at radius 2 is 1.83 bits per heavy atom. The Balaban J connectivity index is 2.33. The van der Waals surface area contributed by atoms with Gasteiger partial charge in [-0.25, -0.2) is 12.8 Å². The van der Waals surface area contributed by atoms with Crippen LogP contribution in [0.2, 0.25) is 0 Å². The average molecular weight is 267 g/mol. The van der Waals surface area contributed by atoms with Crippen molar-refractivity contribution in [1.82, 2.24) is 4.98 Å². The molecule has 18 heavy (non-hydrogen) atoms. The molecule has 0 aliphatic heterocycles. The number of anilines is 2. The summed E-state index contributed by atoms with van der Waals surface area (Å²) in [6.45, 7) is 0. The van der Waals surface area contributed by atoms with Crippen LogP contribution in [0.3, 0.4) is 0 Å². The molecule has 3 N–H and O–H groups in total. The third-order valence-corrected chi connectivity index (χ3v) is 3.59. The number of hydrogen-bond acceptors (Lipinski definition) is 4. The van der Waals surface area contributed by atoms with E-state index in [9.17, 15) is 12.8 Å². The molecule has 94 valence electrons. The molecule has 0 atom stereocenters. The highest BCUT2D eigenvalue weighted by Crippen LogP contribution is 2.18. The fourth-order valence-corrected chi connectivity index (χ4v) is 2.38. The van der Waals surface area contributed by atoms with Crippen LogP contribution in [0.15, 0.2) is 47.6 Å². The van der Waals surface area contributed by atoms with Gasteiger partial charge in [-0.1, -0.05) is 0 Å². The number of nitrogen functional groups attached to an aromatic ring is 1. The molecule has 0 fully saturated rings. The second kappa shape index (κ2) is 4.61. The molecular weight excluding hydrogens is 257 g/mol. The third-order valence-electron chi connectivity index (χ3n) is 2.21. The van der Waals surface area contributed by atoms with Crippen LogP contribution >= 0.6 is 0 Å². The van der Waals surface area contributed by atoms with Crippen LogP contribution in [0.5, 0.6) is 0 Å². The van der Waals surface area contributed by atoms with Gasteiger partial charge in [0, 0.05) is 11.9 Å². The Hall–Kier alpha value is -2.15. The largest absolute Gasteiger partial charge is 0.399 e. The number of nitrogens with two attached hydrogens (primary N) is 1. The van der Waals surface area contributed by atoms with Crippen molar-refractivity contribution in [3.63, 3.8) is 0 Å². The highest BCUT2D eigenvalue weighted by atomic mass is 32.2. The number of nitrogens with zero attached hydrogens (tertiary/aromatic N) is 1. The summed E-state index contributed by atoms with van der Waals surface area (Å²) in [6.07, 6.45) is 2.23. The van der Waals surface area contributed by atoms with E-state index in [1.807, 2.05) is 0 Å². The van der Waals surface area contributed by atoms with Crippen molar-refractivity contribution >= 4 is 21.4 Å². The van der Waals surface area contributed by atoms with Gasteiger partial charge in [0.25, 0.3) is 10.0 Å². The molecule has 1 heterocycles. The minimum Gasteiger partial charge on any atom is -0.399 e. The summed E-state index contributed by atoms with van der Waals surface area (Å²) in [5, 5.41) is 0. The minimum absolute atomic E-state index is 0.00733. The Labute approximate surface area is 104 Å². The summed E-state index contributed by atoms with van der Waals surface area (Å²) in [7, 11) is -3.83. The number of aromatic nitrogens is 1. The second-order valence-electron chi connectivity index (χ2n) is 3.53. The number of nitrogens with one attached hydrogen (secondary N) is 1. The van der Waals surface area contributed by atoms with E-state index in [1.165, 1.54) is 36.5 Å². The van der Waals surface area contributed by atoms with Crippen LogP contribution < -0.4 is 10.5 Å². The Morgan fingerprint density at radius 1 is 1.17 bits per heavy atom. The number of rotatable bonds is 3. The SMILES string of the molecule is Nc1ccc(S(=O)(=O)Nc2ccncc2F)cc1. The first-order valence-corrected chi connectivity index (χ1v) is 6.45. The quantitative estimate of drug-likeness (QED) is 0.827.